The van der Waals surface area contributed by atoms with E-state index in [1.54, 1.807) is 0 Å². The van der Waals surface area contributed by atoms with E-state index in [-0.39, 0.29) is 5.97 Å². The van der Waals surface area contributed by atoms with Crippen LogP contribution in [0.5, 0.6) is 0 Å². The van der Waals surface area contributed by atoms with Gasteiger partial charge in [-0.1, -0.05) is 6.92 Å². The number of methoxy groups -OCH3 is 1. The van der Waals surface area contributed by atoms with Gasteiger partial charge >= 0.3 is 5.97 Å². The van der Waals surface area contributed by atoms with E-state index in [0.29, 0.717) is 25.6 Å². The highest BCUT2D eigenvalue weighted by Gasteiger charge is 2.11. The van der Waals surface area contributed by atoms with Crippen LogP contribution in [0, 0.1) is 0 Å². The quantitative estimate of drug-likeness (QED) is 0.606. The molecule has 0 radical (unpaired) electrons. The first-order valence-electron chi connectivity index (χ1n) is 4.62. The lowest BCUT2D eigenvalue weighted by molar-refractivity contribution is -0.141. The monoisotopic (exact) mass is 188 g/mol. The second kappa shape index (κ2) is 6.86. The van der Waals surface area contributed by atoms with Gasteiger partial charge < -0.3 is 15.4 Å². The number of nitrogens with two attached hydrogens (primary N) is 1. The standard InChI is InChI=1S/C9H20N2O2/c1-4-8(7-10)11(2)6-5-9(12)13-3/h8H,4-7,10H2,1-3H3. The van der Waals surface area contributed by atoms with Gasteiger partial charge in [0.25, 0.3) is 0 Å². The Balaban J connectivity index is 3.71. The fourth-order valence-electron chi connectivity index (χ4n) is 1.21. The van der Waals surface area contributed by atoms with Crippen molar-refractivity contribution in [3.05, 3.63) is 0 Å². The third kappa shape index (κ3) is 4.85. The summed E-state index contributed by atoms with van der Waals surface area (Å²) in [5.74, 6) is -0.168. The first-order valence-corrected chi connectivity index (χ1v) is 4.62. The molecule has 0 aliphatic rings. The summed E-state index contributed by atoms with van der Waals surface area (Å²) < 4.78 is 4.55. The van der Waals surface area contributed by atoms with Crippen molar-refractivity contribution in [2.45, 2.75) is 25.8 Å². The van der Waals surface area contributed by atoms with Crippen molar-refractivity contribution in [1.29, 1.82) is 0 Å². The molecule has 0 aromatic heterocycles. The number of rotatable bonds is 6. The third-order valence-corrected chi connectivity index (χ3v) is 2.26. The predicted molar refractivity (Wildman–Crippen MR) is 52.4 cm³/mol. The summed E-state index contributed by atoms with van der Waals surface area (Å²) in [6, 6.07) is 0.365. The molecule has 0 fully saturated rings. The van der Waals surface area contributed by atoms with Gasteiger partial charge in [0.1, 0.15) is 0 Å². The van der Waals surface area contributed by atoms with Crippen molar-refractivity contribution in [3.63, 3.8) is 0 Å². The molecular weight excluding hydrogens is 168 g/mol. The topological polar surface area (TPSA) is 55.6 Å². The second-order valence-corrected chi connectivity index (χ2v) is 3.10. The van der Waals surface area contributed by atoms with Gasteiger partial charge in [0.15, 0.2) is 0 Å². The van der Waals surface area contributed by atoms with E-state index in [9.17, 15) is 4.79 Å². The van der Waals surface area contributed by atoms with Crippen LogP contribution in [0.2, 0.25) is 0 Å². The summed E-state index contributed by atoms with van der Waals surface area (Å²) in [6.45, 7) is 3.43. The number of esters is 1. The van der Waals surface area contributed by atoms with Gasteiger partial charge in [-0.15, -0.1) is 0 Å². The van der Waals surface area contributed by atoms with Gasteiger partial charge in [-0.25, -0.2) is 0 Å². The maximum absolute atomic E-state index is 10.8. The lowest BCUT2D eigenvalue weighted by Crippen LogP contribution is -2.38. The Morgan fingerprint density at radius 2 is 2.23 bits per heavy atom. The molecule has 1 unspecified atom stereocenters. The molecule has 0 saturated heterocycles. The molecule has 0 aromatic rings. The van der Waals surface area contributed by atoms with Gasteiger partial charge in [0.2, 0.25) is 0 Å². The molecule has 1 atom stereocenters. The van der Waals surface area contributed by atoms with Crippen LogP contribution in [-0.2, 0) is 9.53 Å². The second-order valence-electron chi connectivity index (χ2n) is 3.10. The molecule has 2 N–H and O–H groups in total. The Labute approximate surface area is 80.0 Å². The summed E-state index contributed by atoms with van der Waals surface area (Å²) in [7, 11) is 3.38. The van der Waals surface area contributed by atoms with Gasteiger partial charge in [-0.3, -0.25) is 4.79 Å². The summed E-state index contributed by atoms with van der Waals surface area (Å²) in [5.41, 5.74) is 5.57. The summed E-state index contributed by atoms with van der Waals surface area (Å²) in [5, 5.41) is 0. The van der Waals surface area contributed by atoms with Crippen LogP contribution in [0.25, 0.3) is 0 Å². The average Bonchev–Trinajstić information content (AvgIpc) is 2.16. The Morgan fingerprint density at radius 3 is 2.62 bits per heavy atom. The van der Waals surface area contributed by atoms with Crippen molar-refractivity contribution in [2.24, 2.45) is 5.73 Å². The van der Waals surface area contributed by atoms with E-state index >= 15 is 0 Å². The maximum atomic E-state index is 10.8. The highest BCUT2D eigenvalue weighted by molar-refractivity contribution is 5.69. The van der Waals surface area contributed by atoms with Crippen molar-refractivity contribution in [3.8, 4) is 0 Å². The zero-order chi connectivity index (χ0) is 10.3. The van der Waals surface area contributed by atoms with Crippen LogP contribution in [0.15, 0.2) is 0 Å². The molecule has 13 heavy (non-hydrogen) atoms. The molecule has 0 aliphatic carbocycles. The van der Waals surface area contributed by atoms with E-state index in [2.05, 4.69) is 16.6 Å². The normalized spacial score (nSPS) is 13.0. The summed E-state index contributed by atoms with van der Waals surface area (Å²) in [6.07, 6.45) is 1.44. The zero-order valence-corrected chi connectivity index (χ0v) is 8.75. The van der Waals surface area contributed by atoms with E-state index in [1.165, 1.54) is 7.11 Å². The van der Waals surface area contributed by atoms with Gasteiger partial charge in [-0.05, 0) is 13.5 Å². The first-order chi connectivity index (χ1) is 6.15. The zero-order valence-electron chi connectivity index (χ0n) is 8.75. The third-order valence-electron chi connectivity index (χ3n) is 2.26. The molecule has 4 heteroatoms. The lowest BCUT2D eigenvalue weighted by Gasteiger charge is -2.25. The van der Waals surface area contributed by atoms with Crippen LogP contribution in [0.1, 0.15) is 19.8 Å². The van der Waals surface area contributed by atoms with Crippen LogP contribution in [0.3, 0.4) is 0 Å². The highest BCUT2D eigenvalue weighted by Crippen LogP contribution is 2.00. The van der Waals surface area contributed by atoms with E-state index in [4.69, 9.17) is 5.73 Å². The Kier molecular flexibility index (Phi) is 6.54. The van der Waals surface area contributed by atoms with Gasteiger partial charge in [0, 0.05) is 19.1 Å². The predicted octanol–water partition coefficient (Wildman–Crippen LogP) is 0.219. The molecule has 0 amide bonds. The molecule has 0 spiro atoms. The number of hydrogen-bond acceptors (Lipinski definition) is 4. The SMILES string of the molecule is CCC(CN)N(C)CCC(=O)OC. The molecule has 78 valence electrons. The number of ether oxygens (including phenoxy) is 1. The number of hydrogen-bond donors (Lipinski definition) is 1. The maximum Gasteiger partial charge on any atom is 0.306 e. The Hall–Kier alpha value is -0.610. The van der Waals surface area contributed by atoms with Crippen molar-refractivity contribution in [1.82, 2.24) is 4.90 Å². The number of carbonyl (C=O) groups excluding carboxylic acids is 1. The minimum atomic E-state index is -0.168. The first kappa shape index (κ1) is 12.4. The minimum Gasteiger partial charge on any atom is -0.469 e. The minimum absolute atomic E-state index is 0.168. The van der Waals surface area contributed by atoms with Crippen molar-refractivity contribution < 1.29 is 9.53 Å². The largest absolute Gasteiger partial charge is 0.469 e. The fraction of sp³-hybridized carbons (Fsp3) is 0.889. The average molecular weight is 188 g/mol. The lowest BCUT2D eigenvalue weighted by atomic mass is 10.2. The van der Waals surface area contributed by atoms with Crippen LogP contribution in [0.4, 0.5) is 0 Å². The van der Waals surface area contributed by atoms with Crippen LogP contribution < -0.4 is 5.73 Å². The summed E-state index contributed by atoms with van der Waals surface area (Å²) in [4.78, 5) is 12.9. The number of likely N-dealkylation sites (N-methyl/N-ethyl adjacent to an activating group) is 1. The van der Waals surface area contributed by atoms with Crippen molar-refractivity contribution in [2.75, 3.05) is 27.2 Å². The molecule has 0 rings (SSSR count). The molecule has 0 aliphatic heterocycles. The Bertz CT molecular complexity index is 147. The van der Waals surface area contributed by atoms with E-state index in [0.717, 1.165) is 6.42 Å². The Morgan fingerprint density at radius 1 is 1.62 bits per heavy atom. The van der Waals surface area contributed by atoms with Gasteiger partial charge in [0.05, 0.1) is 13.5 Å². The molecular formula is C9H20N2O2. The van der Waals surface area contributed by atoms with Gasteiger partial charge in [-0.2, -0.15) is 0 Å². The van der Waals surface area contributed by atoms with E-state index < -0.39 is 0 Å². The number of nitrogens with zero attached hydrogens (tertiary/aromatic N) is 1. The molecule has 4 nitrogen and oxygen atoms in total. The molecule has 0 bridgehead atoms. The van der Waals surface area contributed by atoms with Crippen LogP contribution in [-0.4, -0.2) is 44.2 Å². The molecule has 0 saturated carbocycles. The molecule has 0 heterocycles. The van der Waals surface area contributed by atoms with Crippen LogP contribution >= 0.6 is 0 Å². The fourth-order valence-corrected chi connectivity index (χ4v) is 1.21. The van der Waals surface area contributed by atoms with E-state index in [1.807, 2.05) is 7.05 Å². The number of carbonyl (C=O) groups is 1. The summed E-state index contributed by atoms with van der Waals surface area (Å²) >= 11 is 0. The van der Waals surface area contributed by atoms with Crippen molar-refractivity contribution >= 4 is 5.97 Å². The molecule has 0 aromatic carbocycles. The highest BCUT2D eigenvalue weighted by atomic mass is 16.5. The smallest absolute Gasteiger partial charge is 0.306 e.